The summed E-state index contributed by atoms with van der Waals surface area (Å²) in [5.74, 6) is -0.285. The molecule has 1 atom stereocenters. The number of amides is 1. The Kier molecular flexibility index (Phi) is 6.61. The molecule has 0 spiro atoms. The molecule has 0 aromatic heterocycles. The topological polar surface area (TPSA) is 87.7 Å². The molecule has 0 aliphatic carbocycles. The van der Waals surface area contributed by atoms with Gasteiger partial charge in [0.25, 0.3) is 0 Å². The third-order valence-corrected chi connectivity index (χ3v) is 2.93. The molecule has 0 bridgehead atoms. The maximum atomic E-state index is 11.9. The zero-order valence-electron chi connectivity index (χ0n) is 11.3. The van der Waals surface area contributed by atoms with Crippen LogP contribution in [0.25, 0.3) is 0 Å². The van der Waals surface area contributed by atoms with Crippen LogP contribution >= 0.6 is 0 Å². The van der Waals surface area contributed by atoms with Crippen LogP contribution in [0.3, 0.4) is 0 Å². The molecule has 0 aromatic carbocycles. The van der Waals surface area contributed by atoms with E-state index in [1.165, 1.54) is 6.42 Å². The van der Waals surface area contributed by atoms with E-state index in [1.807, 2.05) is 6.92 Å². The Morgan fingerprint density at radius 1 is 1.47 bits per heavy atom. The maximum absolute atomic E-state index is 11.9. The molecule has 0 aliphatic heterocycles. The molecule has 17 heavy (non-hydrogen) atoms. The summed E-state index contributed by atoms with van der Waals surface area (Å²) in [4.78, 5) is 11.9. The van der Waals surface area contributed by atoms with Crippen molar-refractivity contribution in [3.8, 4) is 0 Å². The van der Waals surface area contributed by atoms with Crippen molar-refractivity contribution in [2.24, 2.45) is 16.3 Å². The highest BCUT2D eigenvalue weighted by molar-refractivity contribution is 6.05. The van der Waals surface area contributed by atoms with Crippen LogP contribution in [0.5, 0.6) is 0 Å². The molecule has 5 heteroatoms. The molecular formula is C12H25N3O2. The quantitative estimate of drug-likeness (QED) is 0.210. The van der Waals surface area contributed by atoms with Crippen molar-refractivity contribution < 1.29 is 10.0 Å². The fourth-order valence-electron chi connectivity index (χ4n) is 1.42. The fourth-order valence-corrected chi connectivity index (χ4v) is 1.42. The van der Waals surface area contributed by atoms with Crippen LogP contribution in [0.1, 0.15) is 53.4 Å². The van der Waals surface area contributed by atoms with E-state index in [0.29, 0.717) is 0 Å². The summed E-state index contributed by atoms with van der Waals surface area (Å²) < 4.78 is 0. The monoisotopic (exact) mass is 243 g/mol. The summed E-state index contributed by atoms with van der Waals surface area (Å²) in [6.07, 6.45) is 4.38. The smallest absolute Gasteiger partial charge is 0.233 e. The van der Waals surface area contributed by atoms with E-state index in [1.54, 1.807) is 13.8 Å². The summed E-state index contributed by atoms with van der Waals surface area (Å²) in [6.45, 7) is 7.38. The van der Waals surface area contributed by atoms with Crippen LogP contribution in [0.15, 0.2) is 5.16 Å². The summed E-state index contributed by atoms with van der Waals surface area (Å²) in [5.41, 5.74) is 4.51. The third kappa shape index (κ3) is 5.06. The Labute approximate surface area is 103 Å². The standard InChI is InChI=1S/C12H25N3O2/c1-5-6-7-8-9(2)14-11(16)12(3,4)10(13)15-17/h9,17H,5-8H2,1-4H3,(H2,13,15)(H,14,16). The van der Waals surface area contributed by atoms with Crippen molar-refractivity contribution in [2.45, 2.75) is 59.4 Å². The molecule has 1 amide bonds. The van der Waals surface area contributed by atoms with E-state index in [0.717, 1.165) is 19.3 Å². The molecule has 5 nitrogen and oxygen atoms in total. The first-order valence-electron chi connectivity index (χ1n) is 6.15. The largest absolute Gasteiger partial charge is 0.409 e. The lowest BCUT2D eigenvalue weighted by atomic mass is 9.90. The molecule has 0 radical (unpaired) electrons. The summed E-state index contributed by atoms with van der Waals surface area (Å²) in [5, 5.41) is 14.4. The van der Waals surface area contributed by atoms with Crippen LogP contribution < -0.4 is 11.1 Å². The van der Waals surface area contributed by atoms with Gasteiger partial charge in [-0.15, -0.1) is 0 Å². The number of hydrogen-bond donors (Lipinski definition) is 3. The summed E-state index contributed by atoms with van der Waals surface area (Å²) in [7, 11) is 0. The Morgan fingerprint density at radius 2 is 2.06 bits per heavy atom. The number of unbranched alkanes of at least 4 members (excludes halogenated alkanes) is 2. The van der Waals surface area contributed by atoms with Gasteiger partial charge in [-0.25, -0.2) is 0 Å². The highest BCUT2D eigenvalue weighted by Crippen LogP contribution is 2.16. The predicted molar refractivity (Wildman–Crippen MR) is 68.9 cm³/mol. The number of nitrogens with one attached hydrogen (secondary N) is 1. The molecule has 0 rings (SSSR count). The van der Waals surface area contributed by atoms with Crippen LogP contribution in [-0.2, 0) is 4.79 Å². The number of carbonyl (C=O) groups is 1. The molecule has 0 saturated heterocycles. The van der Waals surface area contributed by atoms with Gasteiger partial charge in [-0.2, -0.15) is 0 Å². The van der Waals surface area contributed by atoms with Gasteiger partial charge in [0.2, 0.25) is 5.91 Å². The van der Waals surface area contributed by atoms with E-state index in [-0.39, 0.29) is 17.8 Å². The second-order valence-electron chi connectivity index (χ2n) is 4.98. The van der Waals surface area contributed by atoms with E-state index in [2.05, 4.69) is 17.4 Å². The molecule has 0 saturated carbocycles. The number of oxime groups is 1. The number of nitrogens with two attached hydrogens (primary N) is 1. The van der Waals surface area contributed by atoms with Crippen LogP contribution in [0.4, 0.5) is 0 Å². The Morgan fingerprint density at radius 3 is 2.53 bits per heavy atom. The van der Waals surface area contributed by atoms with Crippen molar-refractivity contribution in [1.82, 2.24) is 5.32 Å². The molecule has 4 N–H and O–H groups in total. The first-order chi connectivity index (χ1) is 7.86. The Bertz CT molecular complexity index is 275. The number of carbonyl (C=O) groups excluding carboxylic acids is 1. The number of rotatable bonds is 7. The van der Waals surface area contributed by atoms with Gasteiger partial charge >= 0.3 is 0 Å². The highest BCUT2D eigenvalue weighted by Gasteiger charge is 2.33. The van der Waals surface area contributed by atoms with Gasteiger partial charge in [-0.3, -0.25) is 4.79 Å². The van der Waals surface area contributed by atoms with E-state index < -0.39 is 5.41 Å². The van der Waals surface area contributed by atoms with Crippen molar-refractivity contribution in [3.05, 3.63) is 0 Å². The summed E-state index contributed by atoms with van der Waals surface area (Å²) >= 11 is 0. The first-order valence-corrected chi connectivity index (χ1v) is 6.15. The SMILES string of the molecule is CCCCCC(C)NC(=O)C(C)(C)C(N)=NO. The average Bonchev–Trinajstić information content (AvgIpc) is 2.28. The second kappa shape index (κ2) is 7.14. The van der Waals surface area contributed by atoms with Crippen molar-refractivity contribution in [2.75, 3.05) is 0 Å². The van der Waals surface area contributed by atoms with Crippen LogP contribution in [0, 0.1) is 5.41 Å². The lowest BCUT2D eigenvalue weighted by Crippen LogP contribution is -2.48. The van der Waals surface area contributed by atoms with Gasteiger partial charge in [0, 0.05) is 6.04 Å². The van der Waals surface area contributed by atoms with Gasteiger partial charge < -0.3 is 16.3 Å². The Balaban J connectivity index is 4.25. The number of amidine groups is 1. The number of hydrogen-bond acceptors (Lipinski definition) is 3. The molecule has 1 unspecified atom stereocenters. The van der Waals surface area contributed by atoms with Crippen molar-refractivity contribution >= 4 is 11.7 Å². The Hall–Kier alpha value is -1.26. The van der Waals surface area contributed by atoms with Crippen LogP contribution in [0.2, 0.25) is 0 Å². The van der Waals surface area contributed by atoms with Crippen molar-refractivity contribution in [3.63, 3.8) is 0 Å². The summed E-state index contributed by atoms with van der Waals surface area (Å²) in [6, 6.07) is 0.111. The average molecular weight is 243 g/mol. The van der Waals surface area contributed by atoms with E-state index in [4.69, 9.17) is 10.9 Å². The molecule has 0 aliphatic rings. The van der Waals surface area contributed by atoms with Crippen LogP contribution in [-0.4, -0.2) is 23.0 Å². The minimum absolute atomic E-state index is 0.0734. The molecule has 0 heterocycles. The van der Waals surface area contributed by atoms with E-state index in [9.17, 15) is 4.79 Å². The minimum atomic E-state index is -0.978. The van der Waals surface area contributed by atoms with E-state index >= 15 is 0 Å². The fraction of sp³-hybridized carbons (Fsp3) is 0.833. The maximum Gasteiger partial charge on any atom is 0.233 e. The number of nitrogens with zero attached hydrogens (tertiary/aromatic N) is 1. The van der Waals surface area contributed by atoms with Gasteiger partial charge in [-0.05, 0) is 27.2 Å². The first kappa shape index (κ1) is 15.7. The minimum Gasteiger partial charge on any atom is -0.409 e. The van der Waals surface area contributed by atoms with Gasteiger partial charge in [0.05, 0.1) is 0 Å². The predicted octanol–water partition coefficient (Wildman–Crippen LogP) is 1.84. The molecule has 0 fully saturated rings. The van der Waals surface area contributed by atoms with Crippen molar-refractivity contribution in [1.29, 1.82) is 0 Å². The van der Waals surface area contributed by atoms with Gasteiger partial charge in [0.15, 0.2) is 5.84 Å². The second-order valence-corrected chi connectivity index (χ2v) is 4.98. The lowest BCUT2D eigenvalue weighted by molar-refractivity contribution is -0.127. The van der Waals surface area contributed by atoms with Gasteiger partial charge in [-0.1, -0.05) is 31.3 Å². The lowest BCUT2D eigenvalue weighted by Gasteiger charge is -2.24. The van der Waals surface area contributed by atoms with Gasteiger partial charge in [0.1, 0.15) is 5.41 Å². The normalized spacial score (nSPS) is 14.5. The molecular weight excluding hydrogens is 218 g/mol. The highest BCUT2D eigenvalue weighted by atomic mass is 16.4. The third-order valence-electron chi connectivity index (χ3n) is 2.93. The molecule has 0 aromatic rings. The zero-order valence-corrected chi connectivity index (χ0v) is 11.3. The zero-order chi connectivity index (χ0) is 13.5. The molecule has 100 valence electrons.